The summed E-state index contributed by atoms with van der Waals surface area (Å²) < 4.78 is 46.7. The number of hydrogen-bond acceptors (Lipinski definition) is 5. The van der Waals surface area contributed by atoms with Crippen LogP contribution >= 0.6 is 27.5 Å². The standard InChI is InChI=1S/C19H11BrClF3N4O2/c1-2-9-6-10-15(11(20)7-9)26-17(30-18(10)29)13-8-14(19(22,23)24)27-28(13)16-12(21)4-3-5-25-16/h3-8H,2H2,1H3. The maximum absolute atomic E-state index is 13.3. The molecule has 0 saturated heterocycles. The Hall–Kier alpha value is -2.72. The highest BCUT2D eigenvalue weighted by molar-refractivity contribution is 9.10. The highest BCUT2D eigenvalue weighted by atomic mass is 79.9. The van der Waals surface area contributed by atoms with Crippen molar-refractivity contribution in [3.63, 3.8) is 0 Å². The van der Waals surface area contributed by atoms with Crippen molar-refractivity contribution in [3.05, 3.63) is 67.7 Å². The number of fused-ring (bicyclic) bond motifs is 1. The number of aryl methyl sites for hydroxylation is 1. The smallest absolute Gasteiger partial charge is 0.401 e. The van der Waals surface area contributed by atoms with Gasteiger partial charge < -0.3 is 4.42 Å². The lowest BCUT2D eigenvalue weighted by Crippen LogP contribution is -2.09. The lowest BCUT2D eigenvalue weighted by atomic mass is 10.1. The fourth-order valence-corrected chi connectivity index (χ4v) is 3.67. The van der Waals surface area contributed by atoms with E-state index in [0.29, 0.717) is 10.9 Å². The third kappa shape index (κ3) is 3.61. The molecule has 0 N–H and O–H groups in total. The van der Waals surface area contributed by atoms with Gasteiger partial charge in [-0.1, -0.05) is 18.5 Å². The SMILES string of the molecule is CCc1cc(Br)c2nc(-c3cc(C(F)(F)F)nn3-c3ncccc3Cl)oc(=O)c2c1. The third-order valence-electron chi connectivity index (χ3n) is 4.31. The van der Waals surface area contributed by atoms with E-state index in [4.69, 9.17) is 16.0 Å². The minimum absolute atomic E-state index is 0.0605. The Morgan fingerprint density at radius 3 is 2.70 bits per heavy atom. The molecule has 0 saturated carbocycles. The molecule has 0 spiro atoms. The molecule has 0 amide bonds. The van der Waals surface area contributed by atoms with E-state index in [2.05, 4.69) is 31.0 Å². The highest BCUT2D eigenvalue weighted by Gasteiger charge is 2.36. The van der Waals surface area contributed by atoms with Gasteiger partial charge in [0, 0.05) is 16.7 Å². The van der Waals surface area contributed by atoms with Crippen molar-refractivity contribution in [1.82, 2.24) is 19.7 Å². The van der Waals surface area contributed by atoms with Crippen LogP contribution in [-0.2, 0) is 12.6 Å². The number of hydrogen-bond donors (Lipinski definition) is 0. The minimum atomic E-state index is -4.74. The molecule has 0 aliphatic carbocycles. The van der Waals surface area contributed by atoms with Crippen LogP contribution in [0.5, 0.6) is 0 Å². The van der Waals surface area contributed by atoms with Crippen molar-refractivity contribution in [2.75, 3.05) is 0 Å². The van der Waals surface area contributed by atoms with Gasteiger partial charge in [0.1, 0.15) is 5.69 Å². The summed E-state index contributed by atoms with van der Waals surface area (Å²) in [5.41, 5.74) is -1.02. The topological polar surface area (TPSA) is 73.8 Å². The normalized spacial score (nSPS) is 11.9. The summed E-state index contributed by atoms with van der Waals surface area (Å²) in [5, 5.41) is 3.85. The minimum Gasteiger partial charge on any atom is -0.401 e. The quantitative estimate of drug-likeness (QED) is 0.376. The number of alkyl halides is 3. The van der Waals surface area contributed by atoms with E-state index in [1.54, 1.807) is 12.1 Å². The fraction of sp³-hybridized carbons (Fsp3) is 0.158. The lowest BCUT2D eigenvalue weighted by molar-refractivity contribution is -0.141. The second-order valence-electron chi connectivity index (χ2n) is 6.27. The second kappa shape index (κ2) is 7.51. The number of halogens is 5. The molecule has 0 bridgehead atoms. The molecule has 11 heteroatoms. The monoisotopic (exact) mass is 498 g/mol. The largest absolute Gasteiger partial charge is 0.435 e. The van der Waals surface area contributed by atoms with Crippen LogP contribution in [0.1, 0.15) is 18.2 Å². The van der Waals surface area contributed by atoms with Crippen LogP contribution in [0.25, 0.3) is 28.3 Å². The molecule has 3 heterocycles. The van der Waals surface area contributed by atoms with Gasteiger partial charge in [0.2, 0.25) is 5.89 Å². The van der Waals surface area contributed by atoms with E-state index in [0.717, 1.165) is 16.3 Å². The van der Waals surface area contributed by atoms with E-state index in [1.807, 2.05) is 6.92 Å². The number of aromatic nitrogens is 4. The third-order valence-corrected chi connectivity index (χ3v) is 5.21. The summed E-state index contributed by atoms with van der Waals surface area (Å²) in [6.45, 7) is 1.92. The van der Waals surface area contributed by atoms with Crippen LogP contribution in [0, 0.1) is 0 Å². The van der Waals surface area contributed by atoms with Gasteiger partial charge in [-0.05, 0) is 52.2 Å². The molecule has 30 heavy (non-hydrogen) atoms. The average molecular weight is 500 g/mol. The average Bonchev–Trinajstić information content (AvgIpc) is 3.14. The van der Waals surface area contributed by atoms with Gasteiger partial charge in [0.05, 0.1) is 15.9 Å². The van der Waals surface area contributed by atoms with E-state index in [9.17, 15) is 18.0 Å². The predicted octanol–water partition coefficient (Wildman–Crippen LogP) is 5.43. The van der Waals surface area contributed by atoms with Crippen LogP contribution in [0.4, 0.5) is 13.2 Å². The molecular formula is C19H11BrClF3N4O2. The number of rotatable bonds is 3. The molecule has 3 aromatic heterocycles. The van der Waals surface area contributed by atoms with Gasteiger partial charge in [-0.2, -0.15) is 18.3 Å². The molecule has 0 atom stereocenters. The van der Waals surface area contributed by atoms with Crippen molar-refractivity contribution in [1.29, 1.82) is 0 Å². The van der Waals surface area contributed by atoms with Gasteiger partial charge in [-0.15, -0.1) is 0 Å². The first-order chi connectivity index (χ1) is 14.2. The Labute approximate surface area is 180 Å². The number of pyridine rings is 1. The molecule has 0 aliphatic rings. The molecule has 0 aliphatic heterocycles. The first kappa shape index (κ1) is 20.5. The summed E-state index contributed by atoms with van der Waals surface area (Å²) in [6.07, 6.45) is -2.71. The molecule has 4 rings (SSSR count). The zero-order valence-corrected chi connectivity index (χ0v) is 17.5. The van der Waals surface area contributed by atoms with Crippen LogP contribution in [0.15, 0.2) is 50.2 Å². The molecule has 4 aromatic rings. The van der Waals surface area contributed by atoms with E-state index in [1.165, 1.54) is 18.3 Å². The highest BCUT2D eigenvalue weighted by Crippen LogP contribution is 2.34. The van der Waals surface area contributed by atoms with Gasteiger partial charge in [0.15, 0.2) is 11.5 Å². The molecule has 0 fully saturated rings. The van der Waals surface area contributed by atoms with Crippen LogP contribution < -0.4 is 5.63 Å². The fourth-order valence-electron chi connectivity index (χ4n) is 2.87. The first-order valence-corrected chi connectivity index (χ1v) is 9.78. The van der Waals surface area contributed by atoms with Crippen molar-refractivity contribution in [3.8, 4) is 17.4 Å². The van der Waals surface area contributed by atoms with Gasteiger partial charge in [-0.25, -0.2) is 19.4 Å². The Kier molecular flexibility index (Phi) is 5.15. The Balaban J connectivity index is 2.02. The van der Waals surface area contributed by atoms with Gasteiger partial charge >= 0.3 is 11.8 Å². The molecule has 1 aromatic carbocycles. The lowest BCUT2D eigenvalue weighted by Gasteiger charge is -2.08. The molecule has 0 unspecified atom stereocenters. The zero-order chi connectivity index (χ0) is 21.6. The molecule has 0 radical (unpaired) electrons. The second-order valence-corrected chi connectivity index (χ2v) is 7.53. The maximum Gasteiger partial charge on any atom is 0.435 e. The summed E-state index contributed by atoms with van der Waals surface area (Å²) >= 11 is 9.46. The molecule has 154 valence electrons. The van der Waals surface area contributed by atoms with Crippen molar-refractivity contribution in [2.24, 2.45) is 0 Å². The Morgan fingerprint density at radius 1 is 1.27 bits per heavy atom. The first-order valence-electron chi connectivity index (χ1n) is 8.61. The summed E-state index contributed by atoms with van der Waals surface area (Å²) in [4.78, 5) is 20.9. The van der Waals surface area contributed by atoms with Crippen molar-refractivity contribution >= 4 is 38.4 Å². The van der Waals surface area contributed by atoms with Gasteiger partial charge in [-0.3, -0.25) is 0 Å². The van der Waals surface area contributed by atoms with E-state index < -0.39 is 17.5 Å². The zero-order valence-electron chi connectivity index (χ0n) is 15.2. The van der Waals surface area contributed by atoms with Crippen LogP contribution in [-0.4, -0.2) is 19.7 Å². The van der Waals surface area contributed by atoms with E-state index >= 15 is 0 Å². The summed E-state index contributed by atoms with van der Waals surface area (Å²) in [6, 6.07) is 7.13. The summed E-state index contributed by atoms with van der Waals surface area (Å²) in [7, 11) is 0. The summed E-state index contributed by atoms with van der Waals surface area (Å²) in [5.74, 6) is -0.406. The van der Waals surface area contributed by atoms with Crippen LogP contribution in [0.3, 0.4) is 0 Å². The number of benzene rings is 1. The van der Waals surface area contributed by atoms with Crippen molar-refractivity contribution in [2.45, 2.75) is 19.5 Å². The molecule has 6 nitrogen and oxygen atoms in total. The molecular weight excluding hydrogens is 489 g/mol. The number of nitrogens with zero attached hydrogens (tertiary/aromatic N) is 4. The Bertz CT molecular complexity index is 1330. The predicted molar refractivity (Wildman–Crippen MR) is 108 cm³/mol. The van der Waals surface area contributed by atoms with Gasteiger partial charge in [0.25, 0.3) is 0 Å². The maximum atomic E-state index is 13.3. The van der Waals surface area contributed by atoms with Crippen molar-refractivity contribution < 1.29 is 17.6 Å². The Morgan fingerprint density at radius 2 is 2.03 bits per heavy atom. The van der Waals surface area contributed by atoms with E-state index in [-0.39, 0.29) is 33.3 Å². The van der Waals surface area contributed by atoms with Crippen LogP contribution in [0.2, 0.25) is 5.02 Å².